The summed E-state index contributed by atoms with van der Waals surface area (Å²) in [5, 5.41) is 0. The maximum Gasteiger partial charge on any atom is 0.0635 e. The third kappa shape index (κ3) is 9.54. The molecule has 0 radical (unpaired) electrons. The van der Waals surface area contributed by atoms with Crippen molar-refractivity contribution in [2.24, 2.45) is 9.98 Å². The predicted octanol–water partition coefficient (Wildman–Crippen LogP) is 7.87. The van der Waals surface area contributed by atoms with Crippen LogP contribution < -0.4 is 0 Å². The van der Waals surface area contributed by atoms with Crippen molar-refractivity contribution in [1.82, 2.24) is 0 Å². The van der Waals surface area contributed by atoms with E-state index in [1.807, 2.05) is 12.3 Å². The van der Waals surface area contributed by atoms with Crippen molar-refractivity contribution in [2.75, 3.05) is 0 Å². The molecule has 2 rings (SSSR count). The van der Waals surface area contributed by atoms with Gasteiger partial charge in [0, 0.05) is 28.9 Å². The van der Waals surface area contributed by atoms with E-state index in [9.17, 15) is 0 Å². The van der Waals surface area contributed by atoms with E-state index < -0.39 is 0 Å². The Balaban J connectivity index is 0.00000420. The predicted molar refractivity (Wildman–Crippen MR) is 125 cm³/mol. The Morgan fingerprint density at radius 2 is 1.21 bits per heavy atom. The quantitative estimate of drug-likeness (QED) is 0.195. The van der Waals surface area contributed by atoms with E-state index in [4.69, 9.17) is 0 Å². The van der Waals surface area contributed by atoms with Gasteiger partial charge in [-0.2, -0.15) is 0 Å². The van der Waals surface area contributed by atoms with E-state index in [-0.39, 0.29) is 16.5 Å². The average molecular weight is 435 g/mol. The van der Waals surface area contributed by atoms with Gasteiger partial charge in [-0.3, -0.25) is 9.98 Å². The molecule has 0 N–H and O–H groups in total. The first-order chi connectivity index (χ1) is 13.6. The summed E-state index contributed by atoms with van der Waals surface area (Å²) in [6, 6.07) is 13.1. The molecule has 2 aromatic carbocycles. The number of hydrogen-bond donors (Lipinski definition) is 0. The van der Waals surface area contributed by atoms with E-state index in [1.54, 1.807) is 6.21 Å². The number of aliphatic imine (C=N–C) groups is 2. The minimum Gasteiger partial charge on any atom is -0.255 e. The van der Waals surface area contributed by atoms with E-state index in [1.165, 1.54) is 60.8 Å². The molecule has 0 saturated heterocycles. The van der Waals surface area contributed by atoms with Gasteiger partial charge in [-0.15, -0.1) is 0 Å². The molecule has 3 heteroatoms. The molecular formula is C26H36N2Ni. The molecule has 0 fully saturated rings. The summed E-state index contributed by atoms with van der Waals surface area (Å²) in [7, 11) is 0. The summed E-state index contributed by atoms with van der Waals surface area (Å²) < 4.78 is 0. The molecule has 160 valence electrons. The molecule has 2 nitrogen and oxygen atoms in total. The number of rotatable bonds is 11. The average Bonchev–Trinajstić information content (AvgIpc) is 2.68. The van der Waals surface area contributed by atoms with Gasteiger partial charge in [0.2, 0.25) is 0 Å². The van der Waals surface area contributed by atoms with Gasteiger partial charge in [-0.25, -0.2) is 0 Å². The molecule has 0 saturated carbocycles. The van der Waals surface area contributed by atoms with E-state index in [2.05, 4.69) is 68.0 Å². The van der Waals surface area contributed by atoms with Gasteiger partial charge < -0.3 is 0 Å². The van der Waals surface area contributed by atoms with Crippen LogP contribution >= 0.6 is 0 Å². The maximum absolute atomic E-state index is 4.66. The number of benzene rings is 2. The molecule has 2 aromatic rings. The van der Waals surface area contributed by atoms with Crippen molar-refractivity contribution in [1.29, 1.82) is 0 Å². The molecule has 0 spiro atoms. The zero-order valence-corrected chi connectivity index (χ0v) is 19.5. The summed E-state index contributed by atoms with van der Waals surface area (Å²) in [5.74, 6) is 0. The van der Waals surface area contributed by atoms with Crippen LogP contribution in [0.2, 0.25) is 0 Å². The standard InChI is InChI=1S/C26H36N2.Ni/c1-5-7-9-11-23-18-24(12-10-8-6-2)20-26(19-23)28-16-15-27-25-14-13-21(3)22(4)17-25;/h13-20H,5-12H2,1-4H3;. The van der Waals surface area contributed by atoms with Gasteiger partial charge in [0.25, 0.3) is 0 Å². The summed E-state index contributed by atoms with van der Waals surface area (Å²) in [6.45, 7) is 8.75. The van der Waals surface area contributed by atoms with Crippen molar-refractivity contribution in [3.8, 4) is 0 Å². The third-order valence-electron chi connectivity index (χ3n) is 5.18. The van der Waals surface area contributed by atoms with Crippen LogP contribution in [0, 0.1) is 13.8 Å². The van der Waals surface area contributed by atoms with Crippen LogP contribution in [0.5, 0.6) is 0 Å². The first-order valence-corrected chi connectivity index (χ1v) is 10.9. The van der Waals surface area contributed by atoms with Gasteiger partial charge in [-0.05, 0) is 86.1 Å². The monoisotopic (exact) mass is 434 g/mol. The Morgan fingerprint density at radius 3 is 1.72 bits per heavy atom. The Morgan fingerprint density at radius 1 is 0.655 bits per heavy atom. The second kappa shape index (κ2) is 14.3. The molecule has 0 atom stereocenters. The van der Waals surface area contributed by atoms with Gasteiger partial charge in [0.15, 0.2) is 0 Å². The van der Waals surface area contributed by atoms with Crippen molar-refractivity contribution in [3.05, 3.63) is 58.7 Å². The maximum atomic E-state index is 4.66. The fourth-order valence-corrected chi connectivity index (χ4v) is 3.31. The van der Waals surface area contributed by atoms with Crippen molar-refractivity contribution >= 4 is 23.8 Å². The van der Waals surface area contributed by atoms with Crippen LogP contribution in [-0.4, -0.2) is 12.4 Å². The van der Waals surface area contributed by atoms with Crippen LogP contribution in [-0.2, 0) is 29.3 Å². The second-order valence-electron chi connectivity index (χ2n) is 7.75. The summed E-state index contributed by atoms with van der Waals surface area (Å²) in [5.41, 5.74) is 7.42. The van der Waals surface area contributed by atoms with Gasteiger partial charge >= 0.3 is 0 Å². The number of unbranched alkanes of at least 4 members (excludes halogenated alkanes) is 4. The second-order valence-corrected chi connectivity index (χ2v) is 7.75. The van der Waals surface area contributed by atoms with E-state index >= 15 is 0 Å². The van der Waals surface area contributed by atoms with Crippen LogP contribution in [0.25, 0.3) is 0 Å². The van der Waals surface area contributed by atoms with Gasteiger partial charge in [0.1, 0.15) is 0 Å². The number of hydrogen-bond acceptors (Lipinski definition) is 2. The number of aryl methyl sites for hydroxylation is 4. The summed E-state index contributed by atoms with van der Waals surface area (Å²) >= 11 is 0. The molecule has 29 heavy (non-hydrogen) atoms. The first kappa shape index (κ1) is 25.3. The third-order valence-corrected chi connectivity index (χ3v) is 5.18. The molecule has 0 amide bonds. The van der Waals surface area contributed by atoms with E-state index in [0.29, 0.717) is 0 Å². The van der Waals surface area contributed by atoms with Crippen molar-refractivity contribution in [2.45, 2.75) is 79.1 Å². The smallest absolute Gasteiger partial charge is 0.0635 e. The molecule has 0 unspecified atom stereocenters. The van der Waals surface area contributed by atoms with Gasteiger partial charge in [-0.1, -0.05) is 51.7 Å². The molecular weight excluding hydrogens is 399 g/mol. The number of nitrogens with zero attached hydrogens (tertiary/aromatic N) is 2. The molecule has 0 aliphatic rings. The minimum absolute atomic E-state index is 0. The SMILES string of the molecule is CCCCCc1cc(CCCCC)cc(N=CC=Nc2ccc(C)c(C)c2)c1.[Ni]. The Bertz CT molecular complexity index is 765. The topological polar surface area (TPSA) is 24.7 Å². The van der Waals surface area contributed by atoms with E-state index in [0.717, 1.165) is 24.2 Å². The Kier molecular flexibility index (Phi) is 12.5. The largest absolute Gasteiger partial charge is 0.255 e. The normalized spacial score (nSPS) is 11.3. The fourth-order valence-electron chi connectivity index (χ4n) is 3.31. The van der Waals surface area contributed by atoms with Crippen molar-refractivity contribution < 1.29 is 16.5 Å². The molecule has 0 aliphatic carbocycles. The molecule has 0 heterocycles. The molecule has 0 aromatic heterocycles. The Labute approximate surface area is 187 Å². The fraction of sp³-hybridized carbons (Fsp3) is 0.462. The molecule has 0 bridgehead atoms. The summed E-state index contributed by atoms with van der Waals surface area (Å²) in [6.07, 6.45) is 13.5. The van der Waals surface area contributed by atoms with Crippen LogP contribution in [0.3, 0.4) is 0 Å². The Hall–Kier alpha value is -1.73. The zero-order valence-electron chi connectivity index (χ0n) is 18.5. The van der Waals surface area contributed by atoms with Crippen molar-refractivity contribution in [3.63, 3.8) is 0 Å². The zero-order chi connectivity index (χ0) is 20.2. The van der Waals surface area contributed by atoms with Crippen LogP contribution in [0.4, 0.5) is 11.4 Å². The summed E-state index contributed by atoms with van der Waals surface area (Å²) in [4.78, 5) is 9.18. The first-order valence-electron chi connectivity index (χ1n) is 10.9. The van der Waals surface area contributed by atoms with Crippen LogP contribution in [0.1, 0.15) is 74.6 Å². The minimum atomic E-state index is 0. The van der Waals surface area contributed by atoms with Crippen LogP contribution in [0.15, 0.2) is 46.4 Å². The van der Waals surface area contributed by atoms with Gasteiger partial charge in [0.05, 0.1) is 11.4 Å². The molecule has 0 aliphatic heterocycles.